The van der Waals surface area contributed by atoms with Crippen molar-refractivity contribution in [3.8, 4) is 0 Å². The minimum absolute atomic E-state index is 0.0242. The van der Waals surface area contributed by atoms with Crippen LogP contribution in [0.25, 0.3) is 0 Å². The first-order valence-corrected chi connectivity index (χ1v) is 6.91. The first-order valence-electron chi connectivity index (χ1n) is 6.91. The highest BCUT2D eigenvalue weighted by Crippen LogP contribution is 2.26. The molecule has 2 saturated heterocycles. The molecule has 3 heterocycles. The highest BCUT2D eigenvalue weighted by Gasteiger charge is 2.35. The van der Waals surface area contributed by atoms with E-state index < -0.39 is 0 Å². The molecule has 5 nitrogen and oxygen atoms in total. The summed E-state index contributed by atoms with van der Waals surface area (Å²) < 4.78 is 0. The molecule has 1 aromatic heterocycles. The van der Waals surface area contributed by atoms with E-state index in [0.717, 1.165) is 37.4 Å². The van der Waals surface area contributed by atoms with Gasteiger partial charge in [0.1, 0.15) is 5.82 Å². The summed E-state index contributed by atoms with van der Waals surface area (Å²) in [6.07, 6.45) is 3.49. The Morgan fingerprint density at radius 3 is 3.11 bits per heavy atom. The van der Waals surface area contributed by atoms with E-state index in [4.69, 9.17) is 5.73 Å². The van der Waals surface area contributed by atoms with Gasteiger partial charge in [-0.05, 0) is 31.0 Å². The van der Waals surface area contributed by atoms with Crippen molar-refractivity contribution >= 4 is 11.7 Å². The van der Waals surface area contributed by atoms with Crippen molar-refractivity contribution in [2.24, 2.45) is 5.73 Å². The summed E-state index contributed by atoms with van der Waals surface area (Å²) >= 11 is 0. The van der Waals surface area contributed by atoms with E-state index in [1.54, 1.807) is 0 Å². The highest BCUT2D eigenvalue weighted by molar-refractivity contribution is 5.79. The first-order chi connectivity index (χ1) is 9.15. The lowest BCUT2D eigenvalue weighted by Gasteiger charge is -2.38. The van der Waals surface area contributed by atoms with Gasteiger partial charge in [0, 0.05) is 44.3 Å². The zero-order valence-corrected chi connectivity index (χ0v) is 11.2. The molecule has 3 rings (SSSR count). The number of aromatic nitrogens is 1. The molecule has 1 amide bonds. The van der Waals surface area contributed by atoms with Crippen molar-refractivity contribution in [3.63, 3.8) is 0 Å². The van der Waals surface area contributed by atoms with Gasteiger partial charge in [0.2, 0.25) is 5.91 Å². The second kappa shape index (κ2) is 4.81. The molecule has 2 fully saturated rings. The summed E-state index contributed by atoms with van der Waals surface area (Å²) in [6.45, 7) is 4.54. The van der Waals surface area contributed by atoms with E-state index in [0.29, 0.717) is 18.4 Å². The van der Waals surface area contributed by atoms with Crippen LogP contribution in [0.5, 0.6) is 0 Å². The zero-order chi connectivity index (χ0) is 13.4. The summed E-state index contributed by atoms with van der Waals surface area (Å²) in [4.78, 5) is 20.4. The number of amides is 1. The molecule has 2 atom stereocenters. The van der Waals surface area contributed by atoms with Crippen LogP contribution in [0, 0.1) is 0 Å². The van der Waals surface area contributed by atoms with Crippen LogP contribution >= 0.6 is 0 Å². The van der Waals surface area contributed by atoms with E-state index in [9.17, 15) is 4.79 Å². The molecule has 1 aromatic rings. The number of pyridine rings is 1. The standard InChI is InChI=1S/C14H20N4O/c1-10(15)11-4-5-16-13(8-11)17-6-7-18-12(9-17)2-3-14(18)19/h4-5,8,10,12H,2-3,6-7,9,15H2,1H3/t10-,12?/m0/s1. The quantitative estimate of drug-likeness (QED) is 0.858. The summed E-state index contributed by atoms with van der Waals surface area (Å²) in [7, 11) is 0. The fourth-order valence-electron chi connectivity index (χ4n) is 2.96. The van der Waals surface area contributed by atoms with Gasteiger partial charge in [0.25, 0.3) is 0 Å². The maximum Gasteiger partial charge on any atom is 0.223 e. The average Bonchev–Trinajstić information content (AvgIpc) is 2.80. The third-order valence-electron chi connectivity index (χ3n) is 4.11. The second-order valence-electron chi connectivity index (χ2n) is 5.46. The van der Waals surface area contributed by atoms with E-state index in [1.807, 2.05) is 24.1 Å². The Kier molecular flexibility index (Phi) is 3.14. The van der Waals surface area contributed by atoms with Crippen molar-refractivity contribution in [2.75, 3.05) is 24.5 Å². The summed E-state index contributed by atoms with van der Waals surface area (Å²) in [5.74, 6) is 1.29. The number of nitrogens with two attached hydrogens (primary N) is 1. The van der Waals surface area contributed by atoms with Gasteiger partial charge >= 0.3 is 0 Å². The largest absolute Gasteiger partial charge is 0.353 e. The molecule has 0 aromatic carbocycles. The smallest absolute Gasteiger partial charge is 0.223 e. The monoisotopic (exact) mass is 260 g/mol. The Hall–Kier alpha value is -1.62. The normalized spacial score (nSPS) is 24.5. The number of hydrogen-bond acceptors (Lipinski definition) is 4. The number of nitrogens with zero attached hydrogens (tertiary/aromatic N) is 3. The predicted molar refractivity (Wildman–Crippen MR) is 73.8 cm³/mol. The molecule has 2 N–H and O–H groups in total. The van der Waals surface area contributed by atoms with Gasteiger partial charge in [0.05, 0.1) is 0 Å². The number of piperazine rings is 1. The predicted octanol–water partition coefficient (Wildman–Crippen LogP) is 0.912. The lowest BCUT2D eigenvalue weighted by Crippen LogP contribution is -2.51. The molecule has 102 valence electrons. The van der Waals surface area contributed by atoms with Crippen molar-refractivity contribution in [1.29, 1.82) is 0 Å². The molecular weight excluding hydrogens is 240 g/mol. The summed E-state index contributed by atoms with van der Waals surface area (Å²) in [5.41, 5.74) is 7.02. The maximum absolute atomic E-state index is 11.7. The molecule has 0 saturated carbocycles. The van der Waals surface area contributed by atoms with Gasteiger partial charge in [0.15, 0.2) is 0 Å². The van der Waals surface area contributed by atoms with E-state index >= 15 is 0 Å². The lowest BCUT2D eigenvalue weighted by molar-refractivity contribution is -0.129. The van der Waals surface area contributed by atoms with Crippen LogP contribution in [0.3, 0.4) is 0 Å². The van der Waals surface area contributed by atoms with Gasteiger partial charge in [-0.15, -0.1) is 0 Å². The summed E-state index contributed by atoms with van der Waals surface area (Å²) in [5, 5.41) is 0. The minimum atomic E-state index is 0.0242. The molecule has 2 aliphatic heterocycles. The van der Waals surface area contributed by atoms with Gasteiger partial charge in [-0.3, -0.25) is 4.79 Å². The van der Waals surface area contributed by atoms with Crippen LogP contribution in [0.4, 0.5) is 5.82 Å². The SMILES string of the molecule is C[C@H](N)c1ccnc(N2CCN3C(=O)CCC3C2)c1. The van der Waals surface area contributed by atoms with Crippen LogP contribution in [-0.2, 0) is 4.79 Å². The average molecular weight is 260 g/mol. The first kappa shape index (κ1) is 12.4. The number of carbonyl (C=O) groups is 1. The van der Waals surface area contributed by atoms with Gasteiger partial charge < -0.3 is 15.5 Å². The fourth-order valence-corrected chi connectivity index (χ4v) is 2.96. The van der Waals surface area contributed by atoms with Crippen molar-refractivity contribution in [3.05, 3.63) is 23.9 Å². The van der Waals surface area contributed by atoms with E-state index in [2.05, 4.69) is 16.0 Å². The van der Waals surface area contributed by atoms with Crippen LogP contribution in [-0.4, -0.2) is 41.5 Å². The molecule has 19 heavy (non-hydrogen) atoms. The van der Waals surface area contributed by atoms with Crippen molar-refractivity contribution in [1.82, 2.24) is 9.88 Å². The second-order valence-corrected chi connectivity index (χ2v) is 5.46. The molecular formula is C14H20N4O. The Labute approximate surface area is 113 Å². The van der Waals surface area contributed by atoms with Gasteiger partial charge in [-0.25, -0.2) is 4.98 Å². The number of carbonyl (C=O) groups excluding carboxylic acids is 1. The van der Waals surface area contributed by atoms with Crippen LogP contribution in [0.2, 0.25) is 0 Å². The molecule has 1 unspecified atom stereocenters. The van der Waals surface area contributed by atoms with E-state index in [1.165, 1.54) is 0 Å². The van der Waals surface area contributed by atoms with Crippen LogP contribution in [0.15, 0.2) is 18.3 Å². The van der Waals surface area contributed by atoms with Gasteiger partial charge in [-0.2, -0.15) is 0 Å². The number of anilines is 1. The molecule has 0 radical (unpaired) electrons. The lowest BCUT2D eigenvalue weighted by atomic mass is 10.1. The number of fused-ring (bicyclic) bond motifs is 1. The molecule has 0 aliphatic carbocycles. The Morgan fingerprint density at radius 1 is 1.47 bits per heavy atom. The topological polar surface area (TPSA) is 62.5 Å². The van der Waals surface area contributed by atoms with Crippen molar-refractivity contribution < 1.29 is 4.79 Å². The minimum Gasteiger partial charge on any atom is -0.353 e. The van der Waals surface area contributed by atoms with Crippen LogP contribution < -0.4 is 10.6 Å². The fraction of sp³-hybridized carbons (Fsp3) is 0.571. The number of hydrogen-bond donors (Lipinski definition) is 1. The van der Waals surface area contributed by atoms with Crippen molar-refractivity contribution in [2.45, 2.75) is 31.8 Å². The molecule has 0 spiro atoms. The Morgan fingerprint density at radius 2 is 2.32 bits per heavy atom. The van der Waals surface area contributed by atoms with Crippen LogP contribution in [0.1, 0.15) is 31.4 Å². The highest BCUT2D eigenvalue weighted by atomic mass is 16.2. The zero-order valence-electron chi connectivity index (χ0n) is 11.2. The molecule has 0 bridgehead atoms. The number of rotatable bonds is 2. The maximum atomic E-state index is 11.7. The third kappa shape index (κ3) is 2.30. The Balaban J connectivity index is 1.77. The van der Waals surface area contributed by atoms with Gasteiger partial charge in [-0.1, -0.05) is 0 Å². The molecule has 2 aliphatic rings. The molecule has 5 heteroatoms. The van der Waals surface area contributed by atoms with E-state index in [-0.39, 0.29) is 6.04 Å². The Bertz CT molecular complexity index is 488. The third-order valence-corrected chi connectivity index (χ3v) is 4.11. The summed E-state index contributed by atoms with van der Waals surface area (Å²) in [6, 6.07) is 4.42.